The Morgan fingerprint density at radius 2 is 1.88 bits per heavy atom. The van der Waals surface area contributed by atoms with E-state index < -0.39 is 0 Å². The van der Waals surface area contributed by atoms with Crippen molar-refractivity contribution in [3.05, 3.63) is 64.8 Å². The van der Waals surface area contributed by atoms with Crippen LogP contribution < -0.4 is 15.4 Å². The van der Waals surface area contributed by atoms with E-state index in [9.17, 15) is 0 Å². The van der Waals surface area contributed by atoms with Crippen LogP contribution in [0.25, 0.3) is 0 Å². The van der Waals surface area contributed by atoms with Crippen LogP contribution in [0.4, 0.5) is 23.1 Å². The maximum Gasteiger partial charge on any atom is 0.229 e. The van der Waals surface area contributed by atoms with Crippen LogP contribution in [0.1, 0.15) is 11.1 Å². The maximum absolute atomic E-state index is 6.15. The molecule has 3 rings (SSSR count). The number of hydrogen-bond donors (Lipinski definition) is 2. The zero-order chi connectivity index (χ0) is 17.8. The van der Waals surface area contributed by atoms with E-state index in [-0.39, 0.29) is 0 Å². The Morgan fingerprint density at radius 3 is 2.64 bits per heavy atom. The molecule has 3 aromatic rings. The SMILES string of the molecule is COc1cc(Cl)c(C)cc1Nc1nccc(Nc2cccc(C)c2)n1. The molecule has 128 valence electrons. The Balaban J connectivity index is 1.84. The van der Waals surface area contributed by atoms with Gasteiger partial charge in [-0.05, 0) is 49.2 Å². The summed E-state index contributed by atoms with van der Waals surface area (Å²) >= 11 is 6.15. The number of aromatic nitrogens is 2. The molecule has 5 nitrogen and oxygen atoms in total. The number of halogens is 1. The average molecular weight is 355 g/mol. The van der Waals surface area contributed by atoms with E-state index in [0.717, 1.165) is 16.9 Å². The van der Waals surface area contributed by atoms with Crippen LogP contribution in [0.5, 0.6) is 5.75 Å². The highest BCUT2D eigenvalue weighted by Crippen LogP contribution is 2.32. The fraction of sp³-hybridized carbons (Fsp3) is 0.158. The van der Waals surface area contributed by atoms with Crippen LogP contribution >= 0.6 is 11.6 Å². The Labute approximate surface area is 152 Å². The minimum Gasteiger partial charge on any atom is -0.495 e. The fourth-order valence-corrected chi connectivity index (χ4v) is 2.56. The van der Waals surface area contributed by atoms with Crippen LogP contribution in [0.2, 0.25) is 5.02 Å². The van der Waals surface area contributed by atoms with E-state index >= 15 is 0 Å². The third kappa shape index (κ3) is 4.19. The summed E-state index contributed by atoms with van der Waals surface area (Å²) in [5, 5.41) is 7.11. The second-order valence-corrected chi connectivity index (χ2v) is 6.09. The molecule has 0 radical (unpaired) electrons. The summed E-state index contributed by atoms with van der Waals surface area (Å²) in [4.78, 5) is 8.77. The number of methoxy groups -OCH3 is 1. The molecule has 0 saturated carbocycles. The third-order valence-corrected chi connectivity index (χ3v) is 4.08. The normalized spacial score (nSPS) is 10.4. The van der Waals surface area contributed by atoms with Crippen molar-refractivity contribution in [2.24, 2.45) is 0 Å². The molecule has 0 fully saturated rings. The number of nitrogens with zero attached hydrogens (tertiary/aromatic N) is 2. The molecular formula is C19H19ClN4O. The van der Waals surface area contributed by atoms with E-state index in [0.29, 0.717) is 22.5 Å². The predicted octanol–water partition coefficient (Wildman–Crippen LogP) is 5.24. The zero-order valence-electron chi connectivity index (χ0n) is 14.3. The molecule has 1 heterocycles. The first kappa shape index (κ1) is 17.0. The van der Waals surface area contributed by atoms with E-state index in [1.54, 1.807) is 19.4 Å². The second kappa shape index (κ2) is 7.40. The van der Waals surface area contributed by atoms with Crippen molar-refractivity contribution in [1.29, 1.82) is 0 Å². The van der Waals surface area contributed by atoms with Crippen molar-refractivity contribution in [3.63, 3.8) is 0 Å². The summed E-state index contributed by atoms with van der Waals surface area (Å²) in [5.74, 6) is 1.81. The Kier molecular flexibility index (Phi) is 5.05. The lowest BCUT2D eigenvalue weighted by atomic mass is 10.2. The van der Waals surface area contributed by atoms with Crippen LogP contribution in [0.15, 0.2) is 48.7 Å². The first-order valence-electron chi connectivity index (χ1n) is 7.83. The molecule has 6 heteroatoms. The van der Waals surface area contributed by atoms with E-state index in [2.05, 4.69) is 26.7 Å². The molecule has 0 amide bonds. The number of anilines is 4. The Bertz CT molecular complexity index is 898. The molecule has 2 aromatic carbocycles. The van der Waals surface area contributed by atoms with Gasteiger partial charge in [-0.2, -0.15) is 4.98 Å². The van der Waals surface area contributed by atoms with Gasteiger partial charge in [-0.15, -0.1) is 0 Å². The molecule has 0 unspecified atom stereocenters. The molecule has 0 aliphatic carbocycles. The van der Waals surface area contributed by atoms with Gasteiger partial charge in [0.25, 0.3) is 0 Å². The maximum atomic E-state index is 6.15. The molecule has 1 aromatic heterocycles. The highest BCUT2D eigenvalue weighted by atomic mass is 35.5. The monoisotopic (exact) mass is 354 g/mol. The molecule has 2 N–H and O–H groups in total. The standard InChI is InChI=1S/C19H19ClN4O/c1-12-5-4-6-14(9-12)22-18-7-8-21-19(24-18)23-16-10-13(2)15(20)11-17(16)25-3/h4-11H,1-3H3,(H2,21,22,23,24). The van der Waals surface area contributed by atoms with Crippen LogP contribution in [-0.4, -0.2) is 17.1 Å². The Morgan fingerprint density at radius 1 is 1.04 bits per heavy atom. The van der Waals surface area contributed by atoms with Crippen molar-refractivity contribution in [1.82, 2.24) is 9.97 Å². The van der Waals surface area contributed by atoms with Crippen molar-refractivity contribution in [2.75, 3.05) is 17.7 Å². The van der Waals surface area contributed by atoms with Gasteiger partial charge >= 0.3 is 0 Å². The fourth-order valence-electron chi connectivity index (χ4n) is 2.41. The van der Waals surface area contributed by atoms with Gasteiger partial charge in [0.15, 0.2) is 0 Å². The van der Waals surface area contributed by atoms with E-state index in [4.69, 9.17) is 16.3 Å². The summed E-state index contributed by atoms with van der Waals surface area (Å²) in [7, 11) is 1.60. The number of benzene rings is 2. The number of ether oxygens (including phenoxy) is 1. The minimum atomic E-state index is 0.470. The summed E-state index contributed by atoms with van der Waals surface area (Å²) in [6, 6.07) is 13.6. The molecule has 0 bridgehead atoms. The van der Waals surface area contributed by atoms with Gasteiger partial charge in [0.05, 0.1) is 12.8 Å². The number of hydrogen-bond acceptors (Lipinski definition) is 5. The lowest BCUT2D eigenvalue weighted by Gasteiger charge is -2.13. The summed E-state index contributed by atoms with van der Waals surface area (Å²) in [6.07, 6.45) is 1.70. The molecule has 0 aliphatic heterocycles. The van der Waals surface area contributed by atoms with E-state index in [1.165, 1.54) is 5.56 Å². The smallest absolute Gasteiger partial charge is 0.229 e. The van der Waals surface area contributed by atoms with Crippen molar-refractivity contribution >= 4 is 34.7 Å². The van der Waals surface area contributed by atoms with Gasteiger partial charge in [-0.3, -0.25) is 0 Å². The lowest BCUT2D eigenvalue weighted by molar-refractivity contribution is 0.416. The van der Waals surface area contributed by atoms with Gasteiger partial charge in [-0.25, -0.2) is 4.98 Å². The highest BCUT2D eigenvalue weighted by molar-refractivity contribution is 6.31. The first-order chi connectivity index (χ1) is 12.0. The van der Waals surface area contributed by atoms with Crippen molar-refractivity contribution < 1.29 is 4.74 Å². The molecule has 0 aliphatic rings. The average Bonchev–Trinajstić information content (AvgIpc) is 2.58. The topological polar surface area (TPSA) is 59.1 Å². The van der Waals surface area contributed by atoms with Crippen molar-refractivity contribution in [3.8, 4) is 5.75 Å². The van der Waals surface area contributed by atoms with E-state index in [1.807, 2.05) is 44.2 Å². The van der Waals surface area contributed by atoms with Gasteiger partial charge in [0.1, 0.15) is 11.6 Å². The molecular weight excluding hydrogens is 336 g/mol. The van der Waals surface area contributed by atoms with Crippen molar-refractivity contribution in [2.45, 2.75) is 13.8 Å². The van der Waals surface area contributed by atoms with Crippen LogP contribution in [0, 0.1) is 13.8 Å². The molecule has 0 saturated heterocycles. The molecule has 0 atom stereocenters. The highest BCUT2D eigenvalue weighted by Gasteiger charge is 2.09. The first-order valence-corrected chi connectivity index (χ1v) is 8.21. The zero-order valence-corrected chi connectivity index (χ0v) is 15.1. The van der Waals surface area contributed by atoms with Gasteiger partial charge in [0.2, 0.25) is 5.95 Å². The predicted molar refractivity (Wildman–Crippen MR) is 103 cm³/mol. The van der Waals surface area contributed by atoms with Crippen LogP contribution in [0.3, 0.4) is 0 Å². The van der Waals surface area contributed by atoms with Gasteiger partial charge < -0.3 is 15.4 Å². The second-order valence-electron chi connectivity index (χ2n) is 5.69. The summed E-state index contributed by atoms with van der Waals surface area (Å²) in [5.41, 5.74) is 3.86. The number of rotatable bonds is 5. The minimum absolute atomic E-state index is 0.470. The van der Waals surface area contributed by atoms with Crippen LogP contribution in [-0.2, 0) is 0 Å². The molecule has 0 spiro atoms. The quantitative estimate of drug-likeness (QED) is 0.656. The largest absolute Gasteiger partial charge is 0.495 e. The number of nitrogens with one attached hydrogen (secondary N) is 2. The summed E-state index contributed by atoms with van der Waals surface area (Å²) < 4.78 is 5.37. The Hall–Kier alpha value is -2.79. The lowest BCUT2D eigenvalue weighted by Crippen LogP contribution is -2.02. The molecule has 25 heavy (non-hydrogen) atoms. The van der Waals surface area contributed by atoms with Gasteiger partial charge in [-0.1, -0.05) is 23.7 Å². The third-order valence-electron chi connectivity index (χ3n) is 3.67. The number of aryl methyl sites for hydroxylation is 2. The van der Waals surface area contributed by atoms with Gasteiger partial charge in [0, 0.05) is 23.0 Å². The summed E-state index contributed by atoms with van der Waals surface area (Å²) in [6.45, 7) is 3.98.